The predicted octanol–water partition coefficient (Wildman–Crippen LogP) is 5.11. The van der Waals surface area contributed by atoms with Crippen LogP contribution >= 0.6 is 11.8 Å². The van der Waals surface area contributed by atoms with Crippen molar-refractivity contribution in [1.29, 1.82) is 0 Å². The largest absolute Gasteiger partial charge is 0.497 e. The van der Waals surface area contributed by atoms with Crippen LogP contribution in [0, 0.1) is 0 Å². The van der Waals surface area contributed by atoms with Crippen LogP contribution in [0.2, 0.25) is 0 Å². The van der Waals surface area contributed by atoms with Crippen LogP contribution in [-0.2, 0) is 0 Å². The first-order chi connectivity index (χ1) is 14.7. The standard InChI is InChI=1S/C23H21N3O3S/c1-27-16-11-13-17(14-12-16)30-22-10-5-4-7-18(22)19-15-26(25-24-19)23-20(28-2)8-6-9-21(23)29-3/h4-15H,1-3H3. The van der Waals surface area contributed by atoms with Gasteiger partial charge in [0.25, 0.3) is 0 Å². The monoisotopic (exact) mass is 419 g/mol. The number of methoxy groups -OCH3 is 3. The minimum atomic E-state index is 0.659. The van der Waals surface area contributed by atoms with E-state index in [-0.39, 0.29) is 0 Å². The summed E-state index contributed by atoms with van der Waals surface area (Å²) in [5.41, 5.74) is 2.47. The molecule has 152 valence electrons. The zero-order valence-corrected chi connectivity index (χ0v) is 17.7. The van der Waals surface area contributed by atoms with Gasteiger partial charge < -0.3 is 14.2 Å². The lowest BCUT2D eigenvalue weighted by Gasteiger charge is -2.12. The van der Waals surface area contributed by atoms with Crippen molar-refractivity contribution in [3.8, 4) is 34.2 Å². The van der Waals surface area contributed by atoms with Crippen molar-refractivity contribution in [2.24, 2.45) is 0 Å². The summed E-state index contributed by atoms with van der Waals surface area (Å²) in [6, 6.07) is 21.7. The van der Waals surface area contributed by atoms with Crippen molar-refractivity contribution in [2.75, 3.05) is 21.3 Å². The number of hydrogen-bond donors (Lipinski definition) is 0. The van der Waals surface area contributed by atoms with Crippen LogP contribution in [-0.4, -0.2) is 36.3 Å². The molecule has 0 spiro atoms. The van der Waals surface area contributed by atoms with E-state index in [9.17, 15) is 0 Å². The van der Waals surface area contributed by atoms with Gasteiger partial charge in [-0.1, -0.05) is 41.2 Å². The molecule has 3 aromatic carbocycles. The molecule has 0 fully saturated rings. The molecule has 4 aromatic rings. The van der Waals surface area contributed by atoms with E-state index in [1.807, 2.05) is 66.9 Å². The fourth-order valence-corrected chi connectivity index (χ4v) is 4.05. The van der Waals surface area contributed by atoms with Gasteiger partial charge in [0.05, 0.1) is 27.5 Å². The lowest BCUT2D eigenvalue weighted by Crippen LogP contribution is -2.01. The molecule has 30 heavy (non-hydrogen) atoms. The third-order valence-electron chi connectivity index (χ3n) is 4.57. The van der Waals surface area contributed by atoms with Crippen molar-refractivity contribution in [3.63, 3.8) is 0 Å². The summed E-state index contributed by atoms with van der Waals surface area (Å²) in [7, 11) is 4.91. The van der Waals surface area contributed by atoms with Gasteiger partial charge >= 0.3 is 0 Å². The van der Waals surface area contributed by atoms with Crippen molar-refractivity contribution in [2.45, 2.75) is 9.79 Å². The molecule has 0 amide bonds. The van der Waals surface area contributed by atoms with Crippen LogP contribution in [0.3, 0.4) is 0 Å². The zero-order valence-electron chi connectivity index (χ0n) is 16.9. The maximum Gasteiger partial charge on any atom is 0.150 e. The van der Waals surface area contributed by atoms with E-state index in [1.165, 1.54) is 0 Å². The number of rotatable bonds is 7. The van der Waals surface area contributed by atoms with Crippen LogP contribution in [0.15, 0.2) is 82.7 Å². The lowest BCUT2D eigenvalue weighted by molar-refractivity contribution is 0.388. The van der Waals surface area contributed by atoms with Gasteiger partial charge in [0, 0.05) is 15.4 Å². The number of nitrogens with zero attached hydrogens (tertiary/aromatic N) is 3. The number of benzene rings is 3. The fraction of sp³-hybridized carbons (Fsp3) is 0.130. The van der Waals surface area contributed by atoms with E-state index in [4.69, 9.17) is 14.2 Å². The molecule has 0 bridgehead atoms. The molecule has 6 nitrogen and oxygen atoms in total. The molecule has 0 atom stereocenters. The van der Waals surface area contributed by atoms with Gasteiger partial charge in [-0.25, -0.2) is 4.68 Å². The van der Waals surface area contributed by atoms with Crippen molar-refractivity contribution in [3.05, 3.63) is 72.9 Å². The van der Waals surface area contributed by atoms with Crippen LogP contribution in [0.4, 0.5) is 0 Å². The average molecular weight is 420 g/mol. The summed E-state index contributed by atoms with van der Waals surface area (Å²) in [4.78, 5) is 2.20. The maximum atomic E-state index is 5.50. The summed E-state index contributed by atoms with van der Waals surface area (Å²) >= 11 is 1.67. The highest BCUT2D eigenvalue weighted by Crippen LogP contribution is 2.37. The average Bonchev–Trinajstić information content (AvgIpc) is 3.29. The molecule has 0 aliphatic rings. The summed E-state index contributed by atoms with van der Waals surface area (Å²) in [5.74, 6) is 2.15. The quantitative estimate of drug-likeness (QED) is 0.415. The Morgan fingerprint density at radius 2 is 1.47 bits per heavy atom. The second-order valence-electron chi connectivity index (χ2n) is 6.33. The van der Waals surface area contributed by atoms with E-state index in [1.54, 1.807) is 37.8 Å². The van der Waals surface area contributed by atoms with Crippen LogP contribution < -0.4 is 14.2 Å². The van der Waals surface area contributed by atoms with Gasteiger partial charge in [-0.15, -0.1) is 5.10 Å². The fourth-order valence-electron chi connectivity index (χ4n) is 3.09. The SMILES string of the molecule is COc1ccc(Sc2ccccc2-c2cn(-c3c(OC)cccc3OC)nn2)cc1. The molecule has 1 aromatic heterocycles. The Hall–Kier alpha value is -3.45. The summed E-state index contributed by atoms with van der Waals surface area (Å²) in [5, 5.41) is 8.74. The second-order valence-corrected chi connectivity index (χ2v) is 7.45. The highest BCUT2D eigenvalue weighted by molar-refractivity contribution is 7.99. The number of para-hydroxylation sites is 1. The molecule has 0 N–H and O–H groups in total. The Labute approximate surface area is 179 Å². The summed E-state index contributed by atoms with van der Waals surface area (Å²) in [6.07, 6.45) is 1.88. The van der Waals surface area contributed by atoms with Crippen LogP contribution in [0.5, 0.6) is 17.2 Å². The normalized spacial score (nSPS) is 10.6. The smallest absolute Gasteiger partial charge is 0.150 e. The first-order valence-corrected chi connectivity index (χ1v) is 10.1. The van der Waals surface area contributed by atoms with Crippen molar-refractivity contribution in [1.82, 2.24) is 15.0 Å². The Bertz CT molecular complexity index is 1120. The highest BCUT2D eigenvalue weighted by Gasteiger charge is 2.16. The molecule has 0 saturated carbocycles. The second kappa shape index (κ2) is 8.92. The molecular weight excluding hydrogens is 398 g/mol. The Morgan fingerprint density at radius 1 is 0.767 bits per heavy atom. The number of aromatic nitrogens is 3. The minimum absolute atomic E-state index is 0.659. The van der Waals surface area contributed by atoms with E-state index in [2.05, 4.69) is 16.4 Å². The molecule has 0 radical (unpaired) electrons. The summed E-state index contributed by atoms with van der Waals surface area (Å²) in [6.45, 7) is 0. The van der Waals surface area contributed by atoms with Gasteiger partial charge in [0.1, 0.15) is 22.9 Å². The third-order valence-corrected chi connectivity index (χ3v) is 5.66. The third kappa shape index (κ3) is 3.97. The Kier molecular flexibility index (Phi) is 5.90. The van der Waals surface area contributed by atoms with E-state index in [0.717, 1.165) is 26.8 Å². The number of ether oxygens (including phenoxy) is 3. The van der Waals surface area contributed by atoms with Gasteiger partial charge in [0.15, 0.2) is 5.69 Å². The Balaban J connectivity index is 1.70. The lowest BCUT2D eigenvalue weighted by atomic mass is 10.2. The minimum Gasteiger partial charge on any atom is -0.497 e. The first kappa shape index (κ1) is 19.8. The maximum absolute atomic E-state index is 5.50. The van der Waals surface area contributed by atoms with Crippen molar-refractivity contribution >= 4 is 11.8 Å². The molecule has 4 rings (SSSR count). The molecular formula is C23H21N3O3S. The molecule has 0 aliphatic heterocycles. The van der Waals surface area contributed by atoms with Crippen LogP contribution in [0.25, 0.3) is 16.9 Å². The van der Waals surface area contributed by atoms with Gasteiger partial charge in [-0.2, -0.15) is 0 Å². The predicted molar refractivity (Wildman–Crippen MR) is 117 cm³/mol. The zero-order chi connectivity index (χ0) is 20.9. The Morgan fingerprint density at radius 3 is 2.13 bits per heavy atom. The molecule has 1 heterocycles. The van der Waals surface area contributed by atoms with Crippen molar-refractivity contribution < 1.29 is 14.2 Å². The molecule has 0 aliphatic carbocycles. The first-order valence-electron chi connectivity index (χ1n) is 9.28. The van der Waals surface area contributed by atoms with E-state index >= 15 is 0 Å². The topological polar surface area (TPSA) is 58.4 Å². The molecule has 7 heteroatoms. The van der Waals surface area contributed by atoms with Gasteiger partial charge in [-0.3, -0.25) is 0 Å². The molecule has 0 unspecified atom stereocenters. The van der Waals surface area contributed by atoms with Gasteiger partial charge in [0.2, 0.25) is 0 Å². The summed E-state index contributed by atoms with van der Waals surface area (Å²) < 4.78 is 17.9. The highest BCUT2D eigenvalue weighted by atomic mass is 32.2. The van der Waals surface area contributed by atoms with Gasteiger partial charge in [-0.05, 0) is 42.5 Å². The molecule has 0 saturated heterocycles. The van der Waals surface area contributed by atoms with Crippen LogP contribution in [0.1, 0.15) is 0 Å². The van der Waals surface area contributed by atoms with E-state index < -0.39 is 0 Å². The number of hydrogen-bond acceptors (Lipinski definition) is 6. The van der Waals surface area contributed by atoms with E-state index in [0.29, 0.717) is 17.2 Å².